The van der Waals surface area contributed by atoms with E-state index in [2.05, 4.69) is 177 Å². The number of aryl methyl sites for hydroxylation is 3. The van der Waals surface area contributed by atoms with Gasteiger partial charge < -0.3 is 8.98 Å². The molecule has 3 heterocycles. The second-order valence-corrected chi connectivity index (χ2v) is 18.1. The van der Waals surface area contributed by atoms with Crippen molar-refractivity contribution in [3.63, 3.8) is 0 Å². The number of aromatic nitrogens is 4. The van der Waals surface area contributed by atoms with Crippen LogP contribution in [0.1, 0.15) is 16.7 Å². The number of nitrogens with zero attached hydrogens (tertiary/aromatic N) is 4. The third-order valence-electron chi connectivity index (χ3n) is 13.5. The lowest BCUT2D eigenvalue weighted by atomic mass is 9.90. The number of hydrogen-bond acceptors (Lipinski definition) is 4. The van der Waals surface area contributed by atoms with Gasteiger partial charge in [-0.15, -0.1) is 0 Å². The van der Waals surface area contributed by atoms with E-state index in [4.69, 9.17) is 19.4 Å². The molecule has 0 fully saturated rings. The van der Waals surface area contributed by atoms with Gasteiger partial charge in [-0.2, -0.15) is 0 Å². The van der Waals surface area contributed by atoms with E-state index in [1.165, 1.54) is 60.8 Å². The average molecular weight is 913 g/mol. The van der Waals surface area contributed by atoms with Crippen molar-refractivity contribution >= 4 is 43.7 Å². The van der Waals surface area contributed by atoms with Crippen LogP contribution in [0.4, 0.5) is 0 Å². The van der Waals surface area contributed by atoms with Gasteiger partial charge in [0.2, 0.25) is 0 Å². The summed E-state index contributed by atoms with van der Waals surface area (Å²) in [5.74, 6) is 1.79. The summed E-state index contributed by atoms with van der Waals surface area (Å²) in [6, 6.07) is 82.9. The molecule has 0 atom stereocenters. The first-order valence-electron chi connectivity index (χ1n) is 24.1. The minimum Gasteiger partial charge on any atom is -0.455 e. The van der Waals surface area contributed by atoms with Gasteiger partial charge in [-0.1, -0.05) is 194 Å². The summed E-state index contributed by atoms with van der Waals surface area (Å²) in [7, 11) is 0. The Morgan fingerprint density at radius 1 is 0.310 bits per heavy atom. The molecule has 5 heteroatoms. The van der Waals surface area contributed by atoms with Crippen molar-refractivity contribution in [3.05, 3.63) is 253 Å². The molecule has 0 radical (unpaired) electrons. The lowest BCUT2D eigenvalue weighted by Crippen LogP contribution is -2.00. The maximum Gasteiger partial charge on any atom is 0.167 e. The molecule has 0 aliphatic rings. The Kier molecular flexibility index (Phi) is 11.2. The zero-order valence-electron chi connectivity index (χ0n) is 39.7. The largest absolute Gasteiger partial charge is 0.455 e. The molecule has 10 aromatic carbocycles. The summed E-state index contributed by atoms with van der Waals surface area (Å²) in [6.07, 6.45) is 0. The molecule has 0 saturated carbocycles. The zero-order valence-corrected chi connectivity index (χ0v) is 39.7. The summed E-state index contributed by atoms with van der Waals surface area (Å²) < 4.78 is 9.35. The molecule has 338 valence electrons. The molecule has 3 aromatic heterocycles. The first kappa shape index (κ1) is 43.1. The Morgan fingerprint density at radius 2 is 0.775 bits per heavy atom. The number of para-hydroxylation sites is 4. The minimum atomic E-state index is 0.563. The van der Waals surface area contributed by atoms with Crippen molar-refractivity contribution in [2.45, 2.75) is 20.8 Å². The molecule has 71 heavy (non-hydrogen) atoms. The highest BCUT2D eigenvalue weighted by atomic mass is 16.3. The fourth-order valence-electron chi connectivity index (χ4n) is 9.87. The van der Waals surface area contributed by atoms with Crippen LogP contribution in [0.2, 0.25) is 0 Å². The van der Waals surface area contributed by atoms with E-state index in [1.54, 1.807) is 0 Å². The van der Waals surface area contributed by atoms with Gasteiger partial charge in [-0.3, -0.25) is 0 Å². The Morgan fingerprint density at radius 3 is 1.39 bits per heavy atom. The monoisotopic (exact) mass is 912 g/mol. The van der Waals surface area contributed by atoms with Gasteiger partial charge in [0.1, 0.15) is 11.2 Å². The highest BCUT2D eigenvalue weighted by Crippen LogP contribution is 2.42. The van der Waals surface area contributed by atoms with Gasteiger partial charge in [-0.25, -0.2) is 15.0 Å². The SMILES string of the molecule is Cc1ccc(-c2ccc3c(c2)c2ccccc2n3-c2ccccc2)cc1-c1cc(-c2cccc3c2oc2c(-c4nc(-c5ccccc5)nc(-c5ccccc5)n4)cccc23)ccc1C.Cc1ccccc1. The van der Waals surface area contributed by atoms with Crippen LogP contribution in [0.15, 0.2) is 241 Å². The highest BCUT2D eigenvalue weighted by Gasteiger charge is 2.21. The maximum atomic E-state index is 6.98. The second-order valence-electron chi connectivity index (χ2n) is 18.1. The Labute approximate surface area is 413 Å². The predicted molar refractivity (Wildman–Crippen MR) is 295 cm³/mol. The summed E-state index contributed by atoms with van der Waals surface area (Å²) in [4.78, 5) is 15.0. The number of fused-ring (bicyclic) bond motifs is 6. The minimum absolute atomic E-state index is 0.563. The van der Waals surface area contributed by atoms with Gasteiger partial charge in [0.25, 0.3) is 0 Å². The van der Waals surface area contributed by atoms with Crippen molar-refractivity contribution in [1.29, 1.82) is 0 Å². The fourth-order valence-corrected chi connectivity index (χ4v) is 9.87. The van der Waals surface area contributed by atoms with E-state index in [0.29, 0.717) is 17.5 Å². The fraction of sp³-hybridized carbons (Fsp3) is 0.0455. The molecular formula is C66H48N4O. The van der Waals surface area contributed by atoms with Crippen LogP contribution in [-0.4, -0.2) is 19.5 Å². The molecule has 0 unspecified atom stereocenters. The summed E-state index contributed by atoms with van der Waals surface area (Å²) in [5.41, 5.74) is 18.4. The molecule has 5 nitrogen and oxygen atoms in total. The Bertz CT molecular complexity index is 4010. The van der Waals surface area contributed by atoms with Crippen molar-refractivity contribution < 1.29 is 4.42 Å². The van der Waals surface area contributed by atoms with E-state index < -0.39 is 0 Å². The molecule has 0 aliphatic heterocycles. The van der Waals surface area contributed by atoms with Gasteiger partial charge in [0.05, 0.1) is 16.6 Å². The van der Waals surface area contributed by atoms with Crippen LogP contribution >= 0.6 is 0 Å². The molecule has 0 amide bonds. The Hall–Kier alpha value is -9.19. The van der Waals surface area contributed by atoms with Crippen molar-refractivity contribution in [2.75, 3.05) is 0 Å². The van der Waals surface area contributed by atoms with Gasteiger partial charge in [0, 0.05) is 43.9 Å². The van der Waals surface area contributed by atoms with Crippen LogP contribution in [-0.2, 0) is 0 Å². The molecule has 13 aromatic rings. The van der Waals surface area contributed by atoms with Crippen LogP contribution in [0.5, 0.6) is 0 Å². The maximum absolute atomic E-state index is 6.98. The topological polar surface area (TPSA) is 56.7 Å². The van der Waals surface area contributed by atoms with Crippen molar-refractivity contribution in [3.8, 4) is 73.2 Å². The lowest BCUT2D eigenvalue weighted by Gasteiger charge is -2.14. The van der Waals surface area contributed by atoms with Crippen LogP contribution in [0.3, 0.4) is 0 Å². The first-order chi connectivity index (χ1) is 34.9. The molecular weight excluding hydrogens is 865 g/mol. The molecule has 0 spiro atoms. The van der Waals surface area contributed by atoms with Crippen LogP contribution < -0.4 is 0 Å². The van der Waals surface area contributed by atoms with Gasteiger partial charge in [-0.05, 0) is 108 Å². The zero-order chi connectivity index (χ0) is 47.8. The third kappa shape index (κ3) is 8.13. The first-order valence-corrected chi connectivity index (χ1v) is 24.1. The van der Waals surface area contributed by atoms with Gasteiger partial charge in [0.15, 0.2) is 17.5 Å². The predicted octanol–water partition coefficient (Wildman–Crippen LogP) is 17.5. The van der Waals surface area contributed by atoms with E-state index in [9.17, 15) is 0 Å². The van der Waals surface area contributed by atoms with E-state index in [0.717, 1.165) is 55.4 Å². The number of benzene rings is 10. The quantitative estimate of drug-likeness (QED) is 0.160. The molecule has 13 rings (SSSR count). The summed E-state index contributed by atoms with van der Waals surface area (Å²) in [5, 5.41) is 4.53. The second kappa shape index (κ2) is 18.4. The van der Waals surface area contributed by atoms with E-state index in [1.807, 2.05) is 84.9 Å². The molecule has 0 bridgehead atoms. The number of hydrogen-bond donors (Lipinski definition) is 0. The van der Waals surface area contributed by atoms with Crippen molar-refractivity contribution in [1.82, 2.24) is 19.5 Å². The molecule has 0 N–H and O–H groups in total. The normalized spacial score (nSPS) is 11.3. The van der Waals surface area contributed by atoms with Gasteiger partial charge >= 0.3 is 0 Å². The lowest BCUT2D eigenvalue weighted by molar-refractivity contribution is 0.670. The van der Waals surface area contributed by atoms with E-state index >= 15 is 0 Å². The van der Waals surface area contributed by atoms with Crippen LogP contribution in [0.25, 0.3) is 117 Å². The molecule has 0 saturated heterocycles. The summed E-state index contributed by atoms with van der Waals surface area (Å²) >= 11 is 0. The van der Waals surface area contributed by atoms with Crippen LogP contribution in [0, 0.1) is 20.8 Å². The number of rotatable bonds is 7. The van der Waals surface area contributed by atoms with E-state index in [-0.39, 0.29) is 0 Å². The third-order valence-corrected chi connectivity index (χ3v) is 13.5. The number of furan rings is 1. The van der Waals surface area contributed by atoms with Crippen molar-refractivity contribution in [2.24, 2.45) is 0 Å². The standard InChI is InChI=1S/C59H40N4O.C7H8/c1-37-28-30-41(42-32-33-54-52(35-42)46-22-12-13-27-53(46)63(54)44-20-10-5-11-21-44)34-50(37)51-36-43(31-29-38(51)2)45-23-14-24-47-48-25-15-26-49(56(48)64-55(45)47)59-61-57(39-16-6-3-7-17-39)60-58(62-59)40-18-8-4-9-19-40;1-7-5-3-2-4-6-7/h3-36H,1-2H3;2-6H,1H3. The Balaban J connectivity index is 0.000000683. The average Bonchev–Trinajstić information content (AvgIpc) is 3.98. The highest BCUT2D eigenvalue weighted by molar-refractivity contribution is 6.13. The molecule has 0 aliphatic carbocycles. The smallest absolute Gasteiger partial charge is 0.167 e. The summed E-state index contributed by atoms with van der Waals surface area (Å²) in [6.45, 7) is 6.49.